The lowest BCUT2D eigenvalue weighted by Crippen LogP contribution is -2.34. The number of nitrogens with two attached hydrogens (primary N) is 1. The van der Waals surface area contributed by atoms with E-state index < -0.39 is 10.0 Å². The quantitative estimate of drug-likeness (QED) is 0.842. The van der Waals surface area contributed by atoms with Gasteiger partial charge in [0, 0.05) is 24.7 Å². The molecule has 0 heterocycles. The Morgan fingerprint density at radius 2 is 2.16 bits per heavy atom. The van der Waals surface area contributed by atoms with Crippen molar-refractivity contribution in [3.05, 3.63) is 23.2 Å². The molecule has 1 aliphatic rings. The fourth-order valence-corrected chi connectivity index (χ4v) is 4.06. The van der Waals surface area contributed by atoms with Crippen molar-refractivity contribution in [1.29, 1.82) is 5.26 Å². The summed E-state index contributed by atoms with van der Waals surface area (Å²) in [6.07, 6.45) is 1.81. The van der Waals surface area contributed by atoms with Crippen molar-refractivity contribution in [2.45, 2.75) is 30.2 Å². The zero-order valence-corrected chi connectivity index (χ0v) is 11.8. The molecule has 0 radical (unpaired) electrons. The first-order valence-electron chi connectivity index (χ1n) is 5.90. The van der Waals surface area contributed by atoms with Crippen LogP contribution in [0.4, 0.5) is 5.69 Å². The van der Waals surface area contributed by atoms with Crippen molar-refractivity contribution in [2.24, 2.45) is 0 Å². The second-order valence-corrected chi connectivity index (χ2v) is 6.71. The Morgan fingerprint density at radius 1 is 1.47 bits per heavy atom. The van der Waals surface area contributed by atoms with E-state index in [2.05, 4.69) is 0 Å². The van der Waals surface area contributed by atoms with Gasteiger partial charge < -0.3 is 5.73 Å². The second kappa shape index (κ2) is 5.37. The third-order valence-electron chi connectivity index (χ3n) is 2.94. The highest BCUT2D eigenvalue weighted by molar-refractivity contribution is 7.89. The lowest BCUT2D eigenvalue weighted by molar-refractivity contribution is 0.411. The number of anilines is 1. The maximum Gasteiger partial charge on any atom is 0.244 e. The van der Waals surface area contributed by atoms with Crippen molar-refractivity contribution in [1.82, 2.24) is 4.31 Å². The van der Waals surface area contributed by atoms with Gasteiger partial charge in [-0.05, 0) is 31.0 Å². The number of sulfonamides is 1. The van der Waals surface area contributed by atoms with E-state index in [1.807, 2.05) is 6.07 Å². The first-order chi connectivity index (χ1) is 8.96. The number of nitriles is 1. The first-order valence-corrected chi connectivity index (χ1v) is 7.72. The summed E-state index contributed by atoms with van der Waals surface area (Å²) in [5, 5.41) is 8.78. The molecule has 1 aromatic rings. The van der Waals surface area contributed by atoms with Gasteiger partial charge in [0.1, 0.15) is 4.90 Å². The summed E-state index contributed by atoms with van der Waals surface area (Å²) in [5.74, 6) is 0. The molecule has 102 valence electrons. The molecule has 1 aromatic carbocycles. The van der Waals surface area contributed by atoms with E-state index >= 15 is 0 Å². The molecule has 0 atom stereocenters. The van der Waals surface area contributed by atoms with Crippen molar-refractivity contribution < 1.29 is 8.42 Å². The predicted molar refractivity (Wildman–Crippen MR) is 73.0 cm³/mol. The molecular formula is C12H14ClN3O2S. The van der Waals surface area contributed by atoms with E-state index in [1.54, 1.807) is 6.07 Å². The van der Waals surface area contributed by atoms with Crippen molar-refractivity contribution in [3.63, 3.8) is 0 Å². The molecule has 0 amide bonds. The first kappa shape index (κ1) is 14.1. The van der Waals surface area contributed by atoms with Crippen LogP contribution in [0.2, 0.25) is 5.02 Å². The Balaban J connectivity index is 2.39. The van der Waals surface area contributed by atoms with E-state index in [0.717, 1.165) is 12.8 Å². The molecule has 1 aliphatic carbocycles. The average Bonchev–Trinajstić information content (AvgIpc) is 3.17. The van der Waals surface area contributed by atoms with Crippen LogP contribution in [0, 0.1) is 11.3 Å². The lowest BCUT2D eigenvalue weighted by atomic mass is 10.3. The number of hydrogen-bond acceptors (Lipinski definition) is 4. The minimum absolute atomic E-state index is 0.0130. The summed E-state index contributed by atoms with van der Waals surface area (Å²) in [6, 6.07) is 6.33. The largest absolute Gasteiger partial charge is 0.399 e. The highest BCUT2D eigenvalue weighted by Gasteiger charge is 2.38. The molecule has 7 heteroatoms. The fourth-order valence-electron chi connectivity index (χ4n) is 1.87. The third-order valence-corrected chi connectivity index (χ3v) is 5.37. The van der Waals surface area contributed by atoms with Gasteiger partial charge in [-0.15, -0.1) is 0 Å². The van der Waals surface area contributed by atoms with E-state index in [4.69, 9.17) is 22.6 Å². The van der Waals surface area contributed by atoms with Crippen LogP contribution >= 0.6 is 11.6 Å². The molecular weight excluding hydrogens is 286 g/mol. The van der Waals surface area contributed by atoms with Crippen LogP contribution in [0.1, 0.15) is 19.3 Å². The van der Waals surface area contributed by atoms with Crippen molar-refractivity contribution in [2.75, 3.05) is 12.3 Å². The SMILES string of the molecule is N#CCCN(C1CC1)S(=O)(=O)c1cc(N)ccc1Cl. The molecule has 5 nitrogen and oxygen atoms in total. The zero-order chi connectivity index (χ0) is 14.0. The van der Waals surface area contributed by atoms with E-state index in [-0.39, 0.29) is 28.9 Å². The molecule has 0 aliphatic heterocycles. The standard InChI is InChI=1S/C12H14ClN3O2S/c13-11-5-2-9(15)8-12(11)19(17,18)16(7-1-6-14)10-3-4-10/h2,5,8,10H,1,3-4,7,15H2. The highest BCUT2D eigenvalue weighted by atomic mass is 35.5. The summed E-state index contributed by atoms with van der Waals surface area (Å²) < 4.78 is 26.5. The maximum atomic E-state index is 12.6. The zero-order valence-electron chi connectivity index (χ0n) is 10.2. The molecule has 0 aromatic heterocycles. The highest BCUT2D eigenvalue weighted by Crippen LogP contribution is 2.34. The van der Waals surface area contributed by atoms with Gasteiger partial charge in [-0.2, -0.15) is 9.57 Å². The third kappa shape index (κ3) is 3.00. The van der Waals surface area contributed by atoms with Crippen molar-refractivity contribution in [3.8, 4) is 6.07 Å². The molecule has 1 fully saturated rings. The molecule has 19 heavy (non-hydrogen) atoms. The minimum Gasteiger partial charge on any atom is -0.399 e. The van der Waals surface area contributed by atoms with Crippen LogP contribution in [0.5, 0.6) is 0 Å². The van der Waals surface area contributed by atoms with Gasteiger partial charge in [-0.3, -0.25) is 0 Å². The van der Waals surface area contributed by atoms with Gasteiger partial charge in [0.05, 0.1) is 11.1 Å². The number of hydrogen-bond donors (Lipinski definition) is 1. The Kier molecular flexibility index (Phi) is 3.99. The summed E-state index contributed by atoms with van der Waals surface area (Å²) in [5.41, 5.74) is 5.97. The molecule has 0 saturated heterocycles. The monoisotopic (exact) mass is 299 g/mol. The molecule has 0 bridgehead atoms. The second-order valence-electron chi connectivity index (χ2n) is 4.44. The minimum atomic E-state index is -3.69. The lowest BCUT2D eigenvalue weighted by Gasteiger charge is -2.21. The number of rotatable bonds is 5. The number of nitrogen functional groups attached to an aromatic ring is 1. The van der Waals surface area contributed by atoms with Crippen LogP contribution in [-0.2, 0) is 10.0 Å². The Hall–Kier alpha value is -1.29. The number of halogens is 1. The maximum absolute atomic E-state index is 12.6. The van der Waals surface area contributed by atoms with Gasteiger partial charge >= 0.3 is 0 Å². The Labute approximate surface area is 117 Å². The van der Waals surface area contributed by atoms with Crippen molar-refractivity contribution >= 4 is 27.3 Å². The van der Waals surface area contributed by atoms with Crippen LogP contribution < -0.4 is 5.73 Å². The molecule has 2 rings (SSSR count). The van der Waals surface area contributed by atoms with Gasteiger partial charge in [-0.25, -0.2) is 8.42 Å². The summed E-state index contributed by atoms with van der Waals surface area (Å²) in [6.45, 7) is 0.189. The summed E-state index contributed by atoms with van der Waals surface area (Å²) >= 11 is 5.96. The summed E-state index contributed by atoms with van der Waals surface area (Å²) in [4.78, 5) is 0.0130. The predicted octanol–water partition coefficient (Wildman–Crippen LogP) is 1.99. The van der Waals surface area contributed by atoms with Crippen LogP contribution in [0.25, 0.3) is 0 Å². The number of nitrogens with zero attached hydrogens (tertiary/aromatic N) is 2. The molecule has 1 saturated carbocycles. The molecule has 0 unspecified atom stereocenters. The molecule has 2 N–H and O–H groups in total. The van der Waals surface area contributed by atoms with Crippen LogP contribution in [-0.4, -0.2) is 25.3 Å². The fraction of sp³-hybridized carbons (Fsp3) is 0.417. The van der Waals surface area contributed by atoms with Gasteiger partial charge in [0.25, 0.3) is 0 Å². The number of benzene rings is 1. The summed E-state index contributed by atoms with van der Waals surface area (Å²) in [7, 11) is -3.69. The van der Waals surface area contributed by atoms with Crippen LogP contribution in [0.3, 0.4) is 0 Å². The molecule has 0 spiro atoms. The normalized spacial score (nSPS) is 15.4. The van der Waals surface area contributed by atoms with E-state index in [1.165, 1.54) is 16.4 Å². The van der Waals surface area contributed by atoms with Gasteiger partial charge in [0.15, 0.2) is 0 Å². The average molecular weight is 300 g/mol. The Morgan fingerprint density at radius 3 is 2.74 bits per heavy atom. The topological polar surface area (TPSA) is 87.2 Å². The van der Waals surface area contributed by atoms with E-state index in [9.17, 15) is 8.42 Å². The van der Waals surface area contributed by atoms with Gasteiger partial charge in [0.2, 0.25) is 10.0 Å². The van der Waals surface area contributed by atoms with E-state index in [0.29, 0.717) is 5.69 Å². The Bertz CT molecular complexity index is 620. The van der Waals surface area contributed by atoms with Crippen LogP contribution in [0.15, 0.2) is 23.1 Å². The smallest absolute Gasteiger partial charge is 0.244 e. The van der Waals surface area contributed by atoms with Gasteiger partial charge in [-0.1, -0.05) is 11.6 Å².